The predicted molar refractivity (Wildman–Crippen MR) is 85.5 cm³/mol. The minimum absolute atomic E-state index is 0.259. The van der Waals surface area contributed by atoms with E-state index in [2.05, 4.69) is 20.1 Å². The SMILES string of the molecule is Cc1c(C(=O)NCc2nnc3n2CCC3)oc2ccc(Cl)cc12. The summed E-state index contributed by atoms with van der Waals surface area (Å²) in [6.45, 7) is 3.10. The maximum atomic E-state index is 12.4. The van der Waals surface area contributed by atoms with E-state index in [4.69, 9.17) is 16.0 Å². The molecule has 1 amide bonds. The second-order valence-corrected chi connectivity index (χ2v) is 6.10. The lowest BCUT2D eigenvalue weighted by molar-refractivity contribution is 0.0923. The van der Waals surface area contributed by atoms with E-state index in [1.54, 1.807) is 18.2 Å². The van der Waals surface area contributed by atoms with Crippen LogP contribution in [0.5, 0.6) is 0 Å². The van der Waals surface area contributed by atoms with Crippen LogP contribution in [0.15, 0.2) is 22.6 Å². The van der Waals surface area contributed by atoms with Crippen molar-refractivity contribution in [2.24, 2.45) is 0 Å². The first-order valence-electron chi connectivity index (χ1n) is 7.51. The van der Waals surface area contributed by atoms with Crippen molar-refractivity contribution >= 4 is 28.5 Å². The van der Waals surface area contributed by atoms with Crippen LogP contribution in [0.2, 0.25) is 5.02 Å². The molecule has 2 aromatic heterocycles. The molecule has 0 fully saturated rings. The molecule has 6 nitrogen and oxygen atoms in total. The van der Waals surface area contributed by atoms with Crippen LogP contribution in [-0.4, -0.2) is 20.7 Å². The molecule has 3 heterocycles. The fourth-order valence-electron chi connectivity index (χ4n) is 2.99. The maximum Gasteiger partial charge on any atom is 0.287 e. The summed E-state index contributed by atoms with van der Waals surface area (Å²) in [4.78, 5) is 12.4. The number of fused-ring (bicyclic) bond motifs is 2. The number of hydrogen-bond acceptors (Lipinski definition) is 4. The first-order chi connectivity index (χ1) is 11.1. The Hall–Kier alpha value is -2.34. The van der Waals surface area contributed by atoms with E-state index in [1.807, 2.05) is 6.92 Å². The summed E-state index contributed by atoms with van der Waals surface area (Å²) in [7, 11) is 0. The van der Waals surface area contributed by atoms with Crippen molar-refractivity contribution in [1.29, 1.82) is 0 Å². The zero-order chi connectivity index (χ0) is 16.0. The molecule has 1 aromatic carbocycles. The van der Waals surface area contributed by atoms with Crippen molar-refractivity contribution in [2.75, 3.05) is 0 Å². The number of carbonyl (C=O) groups is 1. The standard InChI is InChI=1S/C16H15ClN4O2/c1-9-11-7-10(17)4-5-12(11)23-15(9)16(22)18-8-14-20-19-13-3-2-6-21(13)14/h4-5,7H,2-3,6,8H2,1H3,(H,18,22). The van der Waals surface area contributed by atoms with E-state index in [1.165, 1.54) is 0 Å². The molecule has 1 aliphatic rings. The molecule has 118 valence electrons. The molecule has 23 heavy (non-hydrogen) atoms. The zero-order valence-corrected chi connectivity index (χ0v) is 13.4. The quantitative estimate of drug-likeness (QED) is 0.801. The summed E-state index contributed by atoms with van der Waals surface area (Å²) in [5, 5.41) is 12.6. The number of amides is 1. The van der Waals surface area contributed by atoms with Gasteiger partial charge in [-0.05, 0) is 31.5 Å². The third kappa shape index (κ3) is 2.39. The number of nitrogens with zero attached hydrogens (tertiary/aromatic N) is 3. The third-order valence-electron chi connectivity index (χ3n) is 4.20. The number of nitrogens with one attached hydrogen (secondary N) is 1. The van der Waals surface area contributed by atoms with Crippen molar-refractivity contribution in [3.8, 4) is 0 Å². The van der Waals surface area contributed by atoms with Gasteiger partial charge in [-0.1, -0.05) is 11.6 Å². The van der Waals surface area contributed by atoms with Crippen LogP contribution in [0.1, 0.15) is 34.2 Å². The number of furan rings is 1. The van der Waals surface area contributed by atoms with E-state index >= 15 is 0 Å². The van der Waals surface area contributed by atoms with Gasteiger partial charge in [-0.3, -0.25) is 4.79 Å². The number of hydrogen-bond donors (Lipinski definition) is 1. The van der Waals surface area contributed by atoms with Crippen LogP contribution < -0.4 is 5.32 Å². The van der Waals surface area contributed by atoms with Crippen LogP contribution >= 0.6 is 11.6 Å². The van der Waals surface area contributed by atoms with Gasteiger partial charge in [-0.2, -0.15) is 0 Å². The van der Waals surface area contributed by atoms with E-state index in [0.717, 1.165) is 42.0 Å². The summed E-state index contributed by atoms with van der Waals surface area (Å²) >= 11 is 6.00. The van der Waals surface area contributed by atoms with Crippen LogP contribution in [0.3, 0.4) is 0 Å². The van der Waals surface area contributed by atoms with Crippen LogP contribution in [0, 0.1) is 6.92 Å². The highest BCUT2D eigenvalue weighted by atomic mass is 35.5. The Balaban J connectivity index is 1.56. The minimum Gasteiger partial charge on any atom is -0.451 e. The monoisotopic (exact) mass is 330 g/mol. The van der Waals surface area contributed by atoms with Crippen molar-refractivity contribution in [2.45, 2.75) is 32.9 Å². The van der Waals surface area contributed by atoms with E-state index in [0.29, 0.717) is 22.9 Å². The lowest BCUT2D eigenvalue weighted by Gasteiger charge is -2.04. The van der Waals surface area contributed by atoms with Crippen molar-refractivity contribution in [1.82, 2.24) is 20.1 Å². The fourth-order valence-corrected chi connectivity index (χ4v) is 3.16. The van der Waals surface area contributed by atoms with Gasteiger partial charge < -0.3 is 14.3 Å². The van der Waals surface area contributed by atoms with E-state index in [-0.39, 0.29) is 5.91 Å². The normalized spacial score (nSPS) is 13.5. The average Bonchev–Trinajstić information content (AvgIpc) is 3.21. The Morgan fingerprint density at radius 3 is 3.17 bits per heavy atom. The summed E-state index contributed by atoms with van der Waals surface area (Å²) in [5.74, 6) is 1.82. The molecule has 0 saturated carbocycles. The molecule has 4 rings (SSSR count). The smallest absolute Gasteiger partial charge is 0.287 e. The van der Waals surface area contributed by atoms with Gasteiger partial charge >= 0.3 is 0 Å². The molecule has 0 bridgehead atoms. The summed E-state index contributed by atoms with van der Waals surface area (Å²) in [6, 6.07) is 5.32. The molecule has 7 heteroatoms. The Labute approximate surface area is 137 Å². The lowest BCUT2D eigenvalue weighted by atomic mass is 10.1. The van der Waals surface area contributed by atoms with Crippen LogP contribution in [0.25, 0.3) is 11.0 Å². The van der Waals surface area contributed by atoms with Gasteiger partial charge in [-0.15, -0.1) is 10.2 Å². The van der Waals surface area contributed by atoms with Crippen LogP contribution in [0.4, 0.5) is 0 Å². The second kappa shape index (κ2) is 5.38. The molecule has 0 spiro atoms. The molecule has 0 radical (unpaired) electrons. The number of carbonyl (C=O) groups excluding carboxylic acids is 1. The van der Waals surface area contributed by atoms with Gasteiger partial charge in [0.1, 0.15) is 11.4 Å². The summed E-state index contributed by atoms with van der Waals surface area (Å²) < 4.78 is 7.73. The first kappa shape index (κ1) is 14.3. The topological polar surface area (TPSA) is 73.0 Å². The molecule has 1 N–H and O–H groups in total. The number of aryl methyl sites for hydroxylation is 2. The largest absolute Gasteiger partial charge is 0.451 e. The second-order valence-electron chi connectivity index (χ2n) is 5.67. The molecule has 3 aromatic rings. The molecule has 0 atom stereocenters. The first-order valence-corrected chi connectivity index (χ1v) is 7.89. The van der Waals surface area contributed by atoms with Gasteiger partial charge in [-0.25, -0.2) is 0 Å². The van der Waals surface area contributed by atoms with Crippen LogP contribution in [-0.2, 0) is 19.5 Å². The Morgan fingerprint density at radius 2 is 2.30 bits per heavy atom. The average molecular weight is 331 g/mol. The lowest BCUT2D eigenvalue weighted by Crippen LogP contribution is -2.24. The third-order valence-corrected chi connectivity index (χ3v) is 4.43. The molecular weight excluding hydrogens is 316 g/mol. The Morgan fingerprint density at radius 1 is 1.43 bits per heavy atom. The Bertz CT molecular complexity index is 912. The number of aromatic nitrogens is 3. The number of benzene rings is 1. The van der Waals surface area contributed by atoms with E-state index < -0.39 is 0 Å². The molecular formula is C16H15ClN4O2. The van der Waals surface area contributed by atoms with Crippen molar-refractivity contribution < 1.29 is 9.21 Å². The molecule has 0 aliphatic carbocycles. The molecule has 0 saturated heterocycles. The van der Waals surface area contributed by atoms with Crippen molar-refractivity contribution in [3.63, 3.8) is 0 Å². The van der Waals surface area contributed by atoms with Gasteiger partial charge in [0.2, 0.25) is 0 Å². The molecule has 1 aliphatic heterocycles. The minimum atomic E-state index is -0.259. The Kier molecular flexibility index (Phi) is 3.34. The highest BCUT2D eigenvalue weighted by molar-refractivity contribution is 6.31. The summed E-state index contributed by atoms with van der Waals surface area (Å²) in [5.41, 5.74) is 1.44. The van der Waals surface area contributed by atoms with Gasteiger partial charge in [0, 0.05) is 28.9 Å². The van der Waals surface area contributed by atoms with E-state index in [9.17, 15) is 4.79 Å². The van der Waals surface area contributed by atoms with Crippen molar-refractivity contribution in [3.05, 3.63) is 46.2 Å². The summed E-state index contributed by atoms with van der Waals surface area (Å²) in [6.07, 6.45) is 2.03. The highest BCUT2D eigenvalue weighted by Gasteiger charge is 2.20. The predicted octanol–water partition coefficient (Wildman–Crippen LogP) is 2.86. The number of halogens is 1. The fraction of sp³-hybridized carbons (Fsp3) is 0.312. The maximum absolute atomic E-state index is 12.4. The van der Waals surface area contributed by atoms with Gasteiger partial charge in [0.15, 0.2) is 11.6 Å². The van der Waals surface area contributed by atoms with Gasteiger partial charge in [0.05, 0.1) is 6.54 Å². The highest BCUT2D eigenvalue weighted by Crippen LogP contribution is 2.27. The number of rotatable bonds is 3. The van der Waals surface area contributed by atoms with Gasteiger partial charge in [0.25, 0.3) is 5.91 Å². The zero-order valence-electron chi connectivity index (χ0n) is 12.6. The molecule has 0 unspecified atom stereocenters.